The van der Waals surface area contributed by atoms with E-state index in [1.807, 2.05) is 16.8 Å². The largest absolute Gasteiger partial charge is 0.383 e. The molecule has 2 aliphatic rings. The number of aromatic nitrogens is 5. The summed E-state index contributed by atoms with van der Waals surface area (Å²) in [5.74, 6) is 1.15. The summed E-state index contributed by atoms with van der Waals surface area (Å²) in [6.07, 6.45) is 7.76. The maximum atomic E-state index is 12.3. The number of anilines is 3. The zero-order valence-electron chi connectivity index (χ0n) is 17.5. The number of nitrogens with one attached hydrogen (secondary N) is 2. The van der Waals surface area contributed by atoms with Gasteiger partial charge < -0.3 is 10.3 Å². The Kier molecular flexibility index (Phi) is 3.98. The topological polar surface area (TPSA) is 137 Å². The second-order valence-corrected chi connectivity index (χ2v) is 8.76. The third-order valence-corrected chi connectivity index (χ3v) is 6.19. The van der Waals surface area contributed by atoms with Crippen LogP contribution in [0.2, 0.25) is 0 Å². The second-order valence-electron chi connectivity index (χ2n) is 8.76. The number of nitrogens with zero attached hydrogens (tertiary/aromatic N) is 5. The van der Waals surface area contributed by atoms with E-state index >= 15 is 0 Å². The zero-order chi connectivity index (χ0) is 21.9. The van der Waals surface area contributed by atoms with Crippen molar-refractivity contribution in [3.05, 3.63) is 42.4 Å². The Hall–Kier alpha value is -3.95. The lowest BCUT2D eigenvalue weighted by molar-refractivity contribution is 0.261. The lowest BCUT2D eigenvalue weighted by Crippen LogP contribution is -2.19. The average Bonchev–Trinajstić information content (AvgIpc) is 3.68. The number of carbonyl (C=O) groups is 1. The first-order valence-corrected chi connectivity index (χ1v) is 10.6. The molecule has 2 amide bonds. The van der Waals surface area contributed by atoms with Crippen LogP contribution in [0.5, 0.6) is 0 Å². The monoisotopic (exact) mass is 430 g/mol. The Labute approximate surface area is 183 Å². The van der Waals surface area contributed by atoms with Gasteiger partial charge in [0, 0.05) is 29.4 Å². The molecule has 0 atom stereocenters. The van der Waals surface area contributed by atoms with Crippen molar-refractivity contribution in [2.75, 3.05) is 16.4 Å². The number of hydrogen-bond acceptors (Lipinski definition) is 7. The van der Waals surface area contributed by atoms with E-state index in [1.165, 1.54) is 0 Å². The van der Waals surface area contributed by atoms with E-state index in [4.69, 9.17) is 15.4 Å². The minimum atomic E-state index is -0.453. The van der Waals surface area contributed by atoms with Gasteiger partial charge in [-0.05, 0) is 43.9 Å². The van der Waals surface area contributed by atoms with Crippen molar-refractivity contribution < 1.29 is 9.32 Å². The Morgan fingerprint density at radius 1 is 1.22 bits per heavy atom. The van der Waals surface area contributed by atoms with Crippen molar-refractivity contribution in [1.29, 1.82) is 0 Å². The summed E-state index contributed by atoms with van der Waals surface area (Å²) in [7, 11) is 0. The van der Waals surface area contributed by atoms with Crippen molar-refractivity contribution in [2.24, 2.45) is 0 Å². The van der Waals surface area contributed by atoms with E-state index < -0.39 is 6.03 Å². The van der Waals surface area contributed by atoms with Gasteiger partial charge in [-0.3, -0.25) is 15.3 Å². The number of pyridine rings is 2. The molecule has 2 fully saturated rings. The van der Waals surface area contributed by atoms with Gasteiger partial charge in [-0.1, -0.05) is 12.1 Å². The van der Waals surface area contributed by atoms with Crippen LogP contribution in [0.1, 0.15) is 44.3 Å². The molecule has 10 nitrogen and oxygen atoms in total. The molecule has 10 heteroatoms. The minimum absolute atomic E-state index is 0.0763. The highest BCUT2D eigenvalue weighted by Gasteiger charge is 2.42. The van der Waals surface area contributed by atoms with E-state index in [-0.39, 0.29) is 5.41 Å². The van der Waals surface area contributed by atoms with Crippen LogP contribution in [0.15, 0.2) is 41.2 Å². The number of amides is 2. The highest BCUT2D eigenvalue weighted by atomic mass is 16.5. The Balaban J connectivity index is 1.20. The van der Waals surface area contributed by atoms with Crippen LogP contribution in [0.3, 0.4) is 0 Å². The zero-order valence-corrected chi connectivity index (χ0v) is 17.5. The molecule has 4 N–H and O–H groups in total. The first-order chi connectivity index (χ1) is 15.5. The number of nitrogen functional groups attached to an aromatic ring is 1. The molecule has 2 aliphatic carbocycles. The second kappa shape index (κ2) is 6.78. The Morgan fingerprint density at radius 3 is 2.78 bits per heavy atom. The molecular weight excluding hydrogens is 408 g/mol. The van der Waals surface area contributed by atoms with Crippen LogP contribution in [-0.2, 0) is 5.41 Å². The average molecular weight is 430 g/mol. The van der Waals surface area contributed by atoms with Gasteiger partial charge in [-0.25, -0.2) is 14.8 Å². The fourth-order valence-corrected chi connectivity index (χ4v) is 3.84. The number of rotatable bonds is 5. The van der Waals surface area contributed by atoms with E-state index in [0.717, 1.165) is 53.5 Å². The highest BCUT2D eigenvalue weighted by Crippen LogP contribution is 2.47. The number of hydrogen-bond donors (Lipinski definition) is 3. The van der Waals surface area contributed by atoms with E-state index in [9.17, 15) is 4.79 Å². The number of carbonyl (C=O) groups excluding carboxylic acids is 1. The molecule has 2 saturated carbocycles. The Morgan fingerprint density at radius 2 is 2.06 bits per heavy atom. The normalized spacial score (nSPS) is 16.8. The lowest BCUT2D eigenvalue weighted by atomic mass is 10.1. The summed E-state index contributed by atoms with van der Waals surface area (Å²) in [4.78, 5) is 20.9. The molecule has 6 rings (SSSR count). The van der Waals surface area contributed by atoms with Gasteiger partial charge in [-0.2, -0.15) is 5.10 Å². The number of fused-ring (bicyclic) bond motifs is 1. The van der Waals surface area contributed by atoms with Crippen LogP contribution in [0.4, 0.5) is 22.3 Å². The van der Waals surface area contributed by atoms with Crippen molar-refractivity contribution >= 4 is 34.5 Å². The maximum absolute atomic E-state index is 12.3. The molecule has 0 bridgehead atoms. The molecule has 0 aliphatic heterocycles. The summed E-state index contributed by atoms with van der Waals surface area (Å²) in [5, 5.41) is 15.0. The van der Waals surface area contributed by atoms with Gasteiger partial charge in [-0.15, -0.1) is 0 Å². The van der Waals surface area contributed by atoms with Crippen molar-refractivity contribution in [2.45, 2.75) is 44.1 Å². The van der Waals surface area contributed by atoms with Crippen molar-refractivity contribution in [3.8, 4) is 11.3 Å². The minimum Gasteiger partial charge on any atom is -0.383 e. The van der Waals surface area contributed by atoms with Gasteiger partial charge in [0.2, 0.25) is 5.88 Å². The van der Waals surface area contributed by atoms with Crippen LogP contribution in [-0.4, -0.2) is 30.9 Å². The molecule has 0 spiro atoms. The molecule has 0 aromatic carbocycles. The van der Waals surface area contributed by atoms with Crippen molar-refractivity contribution in [3.63, 3.8) is 0 Å². The smallest absolute Gasteiger partial charge is 0.327 e. The first kappa shape index (κ1) is 18.8. The van der Waals surface area contributed by atoms with Gasteiger partial charge in [0.1, 0.15) is 17.3 Å². The number of nitrogens with two attached hydrogens (primary N) is 1. The van der Waals surface area contributed by atoms with Crippen LogP contribution < -0.4 is 16.4 Å². The first-order valence-electron chi connectivity index (χ1n) is 10.6. The highest BCUT2D eigenvalue weighted by molar-refractivity contribution is 6.01. The summed E-state index contributed by atoms with van der Waals surface area (Å²) >= 11 is 0. The van der Waals surface area contributed by atoms with Crippen molar-refractivity contribution in [1.82, 2.24) is 24.9 Å². The van der Waals surface area contributed by atoms with Gasteiger partial charge in [0.25, 0.3) is 0 Å². The van der Waals surface area contributed by atoms with Crippen LogP contribution in [0.25, 0.3) is 22.2 Å². The molecule has 0 saturated heterocycles. The predicted octanol–water partition coefficient (Wildman–Crippen LogP) is 4.09. The third-order valence-electron chi connectivity index (χ3n) is 6.19. The lowest BCUT2D eigenvalue weighted by Gasteiger charge is -2.05. The number of urea groups is 1. The molecule has 4 heterocycles. The molecule has 4 aromatic rings. The maximum Gasteiger partial charge on any atom is 0.327 e. The SMILES string of the molecule is CC1(c2cc(NC(=O)Nc3ccc(-c4nn(C5CC5)c5ccnc(N)c45)cn3)on2)CC1. The molecular formula is C22H22N8O2. The fourth-order valence-electron chi connectivity index (χ4n) is 3.84. The molecule has 162 valence electrons. The van der Waals surface area contributed by atoms with E-state index in [0.29, 0.717) is 23.6 Å². The fraction of sp³-hybridized carbons (Fsp3) is 0.318. The molecule has 0 radical (unpaired) electrons. The summed E-state index contributed by atoms with van der Waals surface area (Å²) < 4.78 is 7.25. The standard InChI is InChI=1S/C22H22N8O2/c1-22(7-8-22)15-10-17(32-29-15)27-21(31)26-16-5-2-12(11-25-16)19-18-14(6-9-24-20(18)23)30(28-19)13-3-4-13/h2,5-6,9-11,13H,3-4,7-8H2,1H3,(H2,23,24)(H2,25,26,27,31). The third kappa shape index (κ3) is 3.24. The summed E-state index contributed by atoms with van der Waals surface area (Å²) in [6.45, 7) is 2.13. The van der Waals surface area contributed by atoms with Gasteiger partial charge in [0.15, 0.2) is 0 Å². The van der Waals surface area contributed by atoms with Crippen LogP contribution in [0, 0.1) is 0 Å². The van der Waals surface area contributed by atoms with Gasteiger partial charge >= 0.3 is 6.03 Å². The van der Waals surface area contributed by atoms with E-state index in [1.54, 1.807) is 24.5 Å². The molecule has 4 aromatic heterocycles. The quantitative estimate of drug-likeness (QED) is 0.433. The Bertz CT molecular complexity index is 1330. The molecule has 32 heavy (non-hydrogen) atoms. The van der Waals surface area contributed by atoms with Gasteiger partial charge in [0.05, 0.1) is 22.6 Å². The predicted molar refractivity (Wildman–Crippen MR) is 119 cm³/mol. The summed E-state index contributed by atoms with van der Waals surface area (Å²) in [5.41, 5.74) is 9.62. The molecule has 0 unspecified atom stereocenters. The van der Waals surface area contributed by atoms with E-state index in [2.05, 4.69) is 32.7 Å². The summed E-state index contributed by atoms with van der Waals surface area (Å²) in [6, 6.07) is 7.24. The van der Waals surface area contributed by atoms with Crippen LogP contribution >= 0.6 is 0 Å².